The number of carbonyl (C=O) groups excluding carboxylic acids is 3. The van der Waals surface area contributed by atoms with Crippen LogP contribution < -0.4 is 16.8 Å². The van der Waals surface area contributed by atoms with E-state index in [0.717, 1.165) is 67.3 Å². The second-order valence-corrected chi connectivity index (χ2v) is 11.1. The van der Waals surface area contributed by atoms with Crippen LogP contribution in [0.25, 0.3) is 11.1 Å². The molecule has 0 bridgehead atoms. The molecule has 2 amide bonds. The number of aldehydes is 1. The zero-order chi connectivity index (χ0) is 42.3. The van der Waals surface area contributed by atoms with Crippen LogP contribution in [0.1, 0.15) is 90.7 Å². The Balaban J connectivity index is -0.000000228. The number of unbranched alkanes of at least 4 members (excludes halogenated alkanes) is 2. The van der Waals surface area contributed by atoms with Crippen molar-refractivity contribution in [3.05, 3.63) is 59.7 Å². The van der Waals surface area contributed by atoms with Crippen LogP contribution in [-0.2, 0) is 28.7 Å². The van der Waals surface area contributed by atoms with Crippen LogP contribution in [-0.4, -0.2) is 119 Å². The van der Waals surface area contributed by atoms with Crippen molar-refractivity contribution in [1.82, 2.24) is 10.2 Å². The molecule has 0 unspecified atom stereocenters. The summed E-state index contributed by atoms with van der Waals surface area (Å²) in [7, 11) is 1.00. The number of carboxylic acid groups (broad SMARTS) is 3. The molecule has 2 aromatic carbocycles. The molecule has 0 saturated heterocycles. The molecule has 0 radical (unpaired) electrons. The first-order chi connectivity index (χ1) is 25.8. The molecule has 55 heavy (non-hydrogen) atoms. The van der Waals surface area contributed by atoms with Crippen molar-refractivity contribution >= 4 is 48.8 Å². The van der Waals surface area contributed by atoms with Crippen molar-refractivity contribution in [2.45, 2.75) is 79.6 Å². The van der Waals surface area contributed by atoms with Crippen molar-refractivity contribution in [1.29, 1.82) is 0 Å². The number of benzene rings is 2. The number of aliphatic hydroxyl groups is 2. The number of rotatable bonds is 14. The van der Waals surface area contributed by atoms with E-state index in [9.17, 15) is 19.2 Å². The number of carbonyl (C=O) groups is 6. The molecule has 2 aromatic rings. The highest BCUT2D eigenvalue weighted by Crippen LogP contribution is 2.44. The van der Waals surface area contributed by atoms with Gasteiger partial charge < -0.3 is 47.1 Å². The molecule has 0 aromatic heterocycles. The number of hydrogen-bond acceptors (Lipinski definition) is 12. The van der Waals surface area contributed by atoms with Crippen molar-refractivity contribution < 1.29 is 59.0 Å². The Bertz CT molecular complexity index is 1250. The highest BCUT2D eigenvalue weighted by molar-refractivity contribution is 7.80. The number of nitrogens with zero attached hydrogens (tertiary/aromatic N) is 1. The van der Waals surface area contributed by atoms with E-state index in [1.54, 1.807) is 0 Å². The number of ether oxygens (including phenoxy) is 1. The molecule has 0 fully saturated rings. The van der Waals surface area contributed by atoms with Gasteiger partial charge in [0.15, 0.2) is 0 Å². The fourth-order valence-corrected chi connectivity index (χ4v) is 3.99. The van der Waals surface area contributed by atoms with Crippen molar-refractivity contribution in [2.75, 3.05) is 52.4 Å². The molecular formula is C38H66N4O12S. The van der Waals surface area contributed by atoms with Crippen LogP contribution in [0.2, 0.25) is 0 Å². The number of thiol groups is 1. The van der Waals surface area contributed by atoms with E-state index >= 15 is 0 Å². The fraction of sp³-hybridized carbons (Fsp3) is 0.526. The highest BCUT2D eigenvalue weighted by atomic mass is 32.1. The molecule has 1 aliphatic carbocycles. The van der Waals surface area contributed by atoms with Gasteiger partial charge in [-0.25, -0.2) is 9.59 Å². The van der Waals surface area contributed by atoms with E-state index < -0.39 is 24.0 Å². The monoisotopic (exact) mass is 802 g/mol. The Kier molecular flexibility index (Phi) is 45.8. The molecule has 0 aliphatic heterocycles. The third-order valence-electron chi connectivity index (χ3n) is 6.25. The molecule has 10 N–H and O–H groups in total. The molecular weight excluding hydrogens is 737 g/mol. The quantitative estimate of drug-likeness (QED) is 0.0426. The van der Waals surface area contributed by atoms with Crippen molar-refractivity contribution in [2.24, 2.45) is 11.5 Å². The number of amides is 2. The summed E-state index contributed by atoms with van der Waals surface area (Å²) in [5, 5.41) is 41.5. The van der Waals surface area contributed by atoms with Crippen LogP contribution in [0.5, 0.6) is 0 Å². The summed E-state index contributed by atoms with van der Waals surface area (Å²) < 4.78 is 5.48. The summed E-state index contributed by atoms with van der Waals surface area (Å²) in [5.41, 5.74) is 14.6. The molecule has 0 saturated carbocycles. The van der Waals surface area contributed by atoms with E-state index in [1.807, 2.05) is 31.2 Å². The number of carboxylic acids is 3. The van der Waals surface area contributed by atoms with Gasteiger partial charge in [-0.1, -0.05) is 89.6 Å². The number of aliphatic carboxylic acids is 3. The molecule has 3 rings (SSSR count). The Labute approximate surface area is 331 Å². The lowest BCUT2D eigenvalue weighted by Crippen LogP contribution is -2.37. The van der Waals surface area contributed by atoms with Crippen LogP contribution in [0, 0.1) is 0 Å². The summed E-state index contributed by atoms with van der Waals surface area (Å²) in [5.74, 6) is -2.59. The third kappa shape index (κ3) is 33.7. The van der Waals surface area contributed by atoms with Gasteiger partial charge in [-0.3, -0.25) is 24.1 Å². The van der Waals surface area contributed by atoms with Gasteiger partial charge in [0.05, 0.1) is 0 Å². The van der Waals surface area contributed by atoms with E-state index in [1.165, 1.54) is 11.8 Å². The van der Waals surface area contributed by atoms with Gasteiger partial charge >= 0.3 is 24.0 Å². The lowest BCUT2D eigenvalue weighted by molar-refractivity contribution is -0.143. The maximum absolute atomic E-state index is 12.3. The number of nitrogens with two attached hydrogens (primary N) is 2. The minimum Gasteiger partial charge on any atom is -0.481 e. The van der Waals surface area contributed by atoms with Crippen molar-refractivity contribution in [3.8, 4) is 11.1 Å². The lowest BCUT2D eigenvalue weighted by atomic mass is 9.98. The first kappa shape index (κ1) is 59.7. The molecule has 316 valence electrons. The number of nitrogens with one attached hydrogen (secondary N) is 1. The maximum atomic E-state index is 12.3. The minimum absolute atomic E-state index is 0. The first-order valence-corrected chi connectivity index (χ1v) is 17.9. The summed E-state index contributed by atoms with van der Waals surface area (Å²) in [4.78, 5) is 62.0. The van der Waals surface area contributed by atoms with Crippen LogP contribution in [0.4, 0.5) is 4.79 Å². The smallest absolute Gasteiger partial charge is 0.410 e. The maximum Gasteiger partial charge on any atom is 0.410 e. The van der Waals surface area contributed by atoms with Crippen LogP contribution in [0.15, 0.2) is 48.5 Å². The Hall–Kier alpha value is -4.55. The Morgan fingerprint density at radius 3 is 1.58 bits per heavy atom. The molecule has 17 heteroatoms. The first-order valence-electron chi connectivity index (χ1n) is 17.3. The predicted molar refractivity (Wildman–Crippen MR) is 218 cm³/mol. The van der Waals surface area contributed by atoms with Gasteiger partial charge in [0.25, 0.3) is 0 Å². The normalized spacial score (nSPS) is 9.56. The van der Waals surface area contributed by atoms with E-state index in [2.05, 4.69) is 56.1 Å². The fourth-order valence-electron chi connectivity index (χ4n) is 3.99. The summed E-state index contributed by atoms with van der Waals surface area (Å²) in [6.07, 6.45) is 4.31. The van der Waals surface area contributed by atoms with E-state index in [-0.39, 0.29) is 45.4 Å². The van der Waals surface area contributed by atoms with Crippen LogP contribution in [0.3, 0.4) is 0 Å². The average Bonchev–Trinajstić information content (AvgIpc) is 3.48. The summed E-state index contributed by atoms with van der Waals surface area (Å²) in [6, 6.07) is 16.2. The zero-order valence-electron chi connectivity index (χ0n) is 32.1. The van der Waals surface area contributed by atoms with Gasteiger partial charge in [0, 0.05) is 45.2 Å². The lowest BCUT2D eigenvalue weighted by Gasteiger charge is -2.21. The molecule has 0 spiro atoms. The second-order valence-electron chi connectivity index (χ2n) is 10.6. The Morgan fingerprint density at radius 1 is 0.836 bits per heavy atom. The molecule has 16 nitrogen and oxygen atoms in total. The average molecular weight is 803 g/mol. The minimum atomic E-state index is -1.43. The topological polar surface area (TPSA) is 280 Å². The third-order valence-corrected chi connectivity index (χ3v) is 6.51. The second kappa shape index (κ2) is 42.2. The van der Waals surface area contributed by atoms with Gasteiger partial charge in [0.2, 0.25) is 12.2 Å². The zero-order valence-corrected chi connectivity index (χ0v) is 33.0. The molecule has 1 aliphatic rings. The predicted octanol–water partition coefficient (Wildman–Crippen LogP) is 4.20. The summed E-state index contributed by atoms with van der Waals surface area (Å²) >= 11 is 3.80. The van der Waals surface area contributed by atoms with Gasteiger partial charge in [-0.05, 0) is 48.1 Å². The Morgan fingerprint density at radius 2 is 1.29 bits per heavy atom. The largest absolute Gasteiger partial charge is 0.481 e. The van der Waals surface area contributed by atoms with E-state index in [0.29, 0.717) is 25.9 Å². The number of hydrogen-bond donors (Lipinski definition) is 9. The SMILES string of the molecule is C.CC(=O)NCO.CCCCCC(=O)O.CCCN.CCCN(CC(=O)O)C(=O)OCC1c2ccccc2-c2ccccc21.CO.NCCS.O=CC(=O)O. The number of fused-ring (bicyclic) bond motifs is 3. The molecule has 0 heterocycles. The highest BCUT2D eigenvalue weighted by Gasteiger charge is 2.29. The molecule has 0 atom stereocenters. The standard InChI is InChI=1S/C20H21NO4.C6H12O2.C3H7NO2.C3H9N.C2H7NS.C2H2O3.CH4O.CH4/c1-2-11-21(12-19(22)23)20(24)25-13-18-16-9-5-3-7-14(16)15-8-4-6-10-17(15)18;1-2-3-4-5-6(7)8;1-3(6)4-2-5;1-2-3-4;3-1-2-4;3-1-2(4)5;1-2;/h3-10,18H,2,11-13H2,1H3,(H,22,23);2-5H2,1H3,(H,7,8);5H,2H2,1H3,(H,4,6);2-4H2,1H3;4H,1-3H2;1H,(H,4,5);2H,1H3;1H4. The van der Waals surface area contributed by atoms with E-state index in [4.69, 9.17) is 51.3 Å². The van der Waals surface area contributed by atoms with Crippen molar-refractivity contribution in [3.63, 3.8) is 0 Å². The van der Waals surface area contributed by atoms with Gasteiger partial charge in [-0.15, -0.1) is 0 Å². The summed E-state index contributed by atoms with van der Waals surface area (Å²) in [6.45, 7) is 8.81. The number of aliphatic hydroxyl groups excluding tert-OH is 2. The van der Waals surface area contributed by atoms with Crippen LogP contribution >= 0.6 is 12.6 Å². The van der Waals surface area contributed by atoms with Gasteiger partial charge in [-0.2, -0.15) is 12.6 Å². The van der Waals surface area contributed by atoms with Gasteiger partial charge in [0.1, 0.15) is 19.9 Å².